The predicted octanol–water partition coefficient (Wildman–Crippen LogP) is 2.77. The minimum atomic E-state index is -0.553. The second-order valence-corrected chi connectivity index (χ2v) is 6.26. The van der Waals surface area contributed by atoms with Crippen LogP contribution in [0.1, 0.15) is 25.8 Å². The molecule has 6 heteroatoms. The number of hydrogen-bond acceptors (Lipinski definition) is 2. The molecule has 1 aromatic rings. The third-order valence-corrected chi connectivity index (χ3v) is 4.50. The Labute approximate surface area is 131 Å². The van der Waals surface area contributed by atoms with Crippen LogP contribution in [-0.2, 0) is 9.59 Å². The number of carbonyl (C=O) groups is 2. The molecule has 114 valence electrons. The summed E-state index contributed by atoms with van der Waals surface area (Å²) in [5.74, 6) is -0.823. The lowest BCUT2D eigenvalue weighted by Crippen LogP contribution is -2.60. The van der Waals surface area contributed by atoms with Crippen LogP contribution in [0.3, 0.4) is 0 Å². The predicted molar refractivity (Wildman–Crippen MR) is 82.6 cm³/mol. The number of nitrogens with zero attached hydrogens (tertiary/aromatic N) is 1. The third kappa shape index (κ3) is 3.10. The fourth-order valence-corrected chi connectivity index (χ4v) is 2.88. The van der Waals surface area contributed by atoms with E-state index < -0.39 is 11.9 Å². The van der Waals surface area contributed by atoms with Crippen molar-refractivity contribution in [1.82, 2.24) is 5.32 Å². The van der Waals surface area contributed by atoms with Crippen molar-refractivity contribution in [2.24, 2.45) is 5.92 Å². The molecule has 0 aromatic heterocycles. The van der Waals surface area contributed by atoms with Gasteiger partial charge in [-0.2, -0.15) is 0 Å². The fourth-order valence-electron chi connectivity index (χ4n) is 2.42. The quantitative estimate of drug-likeness (QED) is 0.905. The molecule has 2 amide bonds. The molecule has 0 saturated carbocycles. The van der Waals surface area contributed by atoms with Crippen molar-refractivity contribution in [3.63, 3.8) is 0 Å². The summed E-state index contributed by atoms with van der Waals surface area (Å²) in [6, 6.07) is 2.36. The lowest BCUT2D eigenvalue weighted by atomic mass is 9.95. The Balaban J connectivity index is 2.40. The first-order valence-electron chi connectivity index (χ1n) is 6.91. The maximum Gasteiger partial charge on any atom is 0.250 e. The highest BCUT2D eigenvalue weighted by Crippen LogP contribution is 2.29. The van der Waals surface area contributed by atoms with Crippen LogP contribution in [0.15, 0.2) is 16.6 Å². The summed E-state index contributed by atoms with van der Waals surface area (Å²) in [4.78, 5) is 25.9. The molecular weight excluding hydrogens is 339 g/mol. The first-order valence-corrected chi connectivity index (χ1v) is 7.70. The molecule has 1 heterocycles. The molecule has 2 unspecified atom stereocenters. The van der Waals surface area contributed by atoms with E-state index in [0.717, 1.165) is 12.0 Å². The minimum Gasteiger partial charge on any atom is -0.342 e. The molecule has 1 fully saturated rings. The van der Waals surface area contributed by atoms with Crippen molar-refractivity contribution in [1.29, 1.82) is 0 Å². The molecule has 1 aliphatic heterocycles. The van der Waals surface area contributed by atoms with Crippen molar-refractivity contribution in [3.05, 3.63) is 28.0 Å². The maximum absolute atomic E-state index is 13.8. The number of rotatable bonds is 3. The summed E-state index contributed by atoms with van der Waals surface area (Å²) in [6.45, 7) is 5.60. The van der Waals surface area contributed by atoms with Gasteiger partial charge in [0.05, 0.1) is 10.2 Å². The number of halogens is 2. The van der Waals surface area contributed by atoms with E-state index in [1.807, 2.05) is 13.8 Å². The molecule has 2 rings (SSSR count). The van der Waals surface area contributed by atoms with Gasteiger partial charge in [0, 0.05) is 0 Å². The van der Waals surface area contributed by atoms with Crippen molar-refractivity contribution in [2.75, 3.05) is 11.4 Å². The van der Waals surface area contributed by atoms with Crippen LogP contribution >= 0.6 is 15.9 Å². The first kappa shape index (κ1) is 15.9. The highest BCUT2D eigenvalue weighted by atomic mass is 79.9. The molecule has 0 aliphatic carbocycles. The highest BCUT2D eigenvalue weighted by Gasteiger charge is 2.36. The fraction of sp³-hybridized carbons (Fsp3) is 0.467. The number of aryl methyl sites for hydroxylation is 1. The molecule has 0 spiro atoms. The van der Waals surface area contributed by atoms with Gasteiger partial charge in [-0.1, -0.05) is 20.3 Å². The largest absolute Gasteiger partial charge is 0.342 e. The van der Waals surface area contributed by atoms with Gasteiger partial charge in [0.25, 0.3) is 0 Å². The van der Waals surface area contributed by atoms with E-state index in [1.165, 1.54) is 11.0 Å². The van der Waals surface area contributed by atoms with Crippen molar-refractivity contribution in [3.8, 4) is 0 Å². The van der Waals surface area contributed by atoms with Gasteiger partial charge >= 0.3 is 0 Å². The average Bonchev–Trinajstić information content (AvgIpc) is 2.44. The SMILES string of the molecule is CCC(C)C1NC(=O)CN(c2cc(F)c(Br)cc2C)C1=O. The van der Waals surface area contributed by atoms with Gasteiger partial charge in [0.1, 0.15) is 18.4 Å². The number of anilines is 1. The Hall–Kier alpha value is -1.43. The first-order chi connectivity index (χ1) is 9.85. The van der Waals surface area contributed by atoms with Crippen LogP contribution in [0.4, 0.5) is 10.1 Å². The van der Waals surface area contributed by atoms with Crippen LogP contribution in [0.2, 0.25) is 0 Å². The van der Waals surface area contributed by atoms with Crippen LogP contribution < -0.4 is 10.2 Å². The van der Waals surface area contributed by atoms with E-state index in [0.29, 0.717) is 10.2 Å². The Bertz CT molecular complexity index is 591. The summed E-state index contributed by atoms with van der Waals surface area (Å²) in [5, 5.41) is 2.73. The zero-order valence-corrected chi connectivity index (χ0v) is 13.8. The van der Waals surface area contributed by atoms with Crippen LogP contribution in [0, 0.1) is 18.7 Å². The second-order valence-electron chi connectivity index (χ2n) is 5.41. The Morgan fingerprint density at radius 3 is 2.76 bits per heavy atom. The Morgan fingerprint density at radius 2 is 2.14 bits per heavy atom. The van der Waals surface area contributed by atoms with Crippen molar-refractivity contribution >= 4 is 33.4 Å². The van der Waals surface area contributed by atoms with Crippen LogP contribution in [0.5, 0.6) is 0 Å². The molecule has 0 radical (unpaired) electrons. The minimum absolute atomic E-state index is 0.0323. The van der Waals surface area contributed by atoms with Crippen molar-refractivity contribution < 1.29 is 14.0 Å². The molecule has 0 bridgehead atoms. The molecule has 1 aromatic carbocycles. The monoisotopic (exact) mass is 356 g/mol. The lowest BCUT2D eigenvalue weighted by Gasteiger charge is -2.35. The maximum atomic E-state index is 13.8. The Kier molecular flexibility index (Phi) is 4.66. The van der Waals surface area contributed by atoms with Gasteiger partial charge in [0.15, 0.2) is 0 Å². The van der Waals surface area contributed by atoms with E-state index in [2.05, 4.69) is 21.2 Å². The zero-order valence-electron chi connectivity index (χ0n) is 12.2. The number of carbonyl (C=O) groups excluding carboxylic acids is 2. The summed E-state index contributed by atoms with van der Waals surface area (Å²) < 4.78 is 14.1. The molecule has 1 aliphatic rings. The standard InChI is InChI=1S/C15H18BrFN2O2/c1-4-8(2)14-15(21)19(7-13(20)18-14)12-6-11(17)10(16)5-9(12)3/h5-6,8,14H,4,7H2,1-3H3,(H,18,20). The number of nitrogens with one attached hydrogen (secondary N) is 1. The summed E-state index contributed by atoms with van der Waals surface area (Å²) in [7, 11) is 0. The van der Waals surface area contributed by atoms with Crippen molar-refractivity contribution in [2.45, 2.75) is 33.2 Å². The van der Waals surface area contributed by atoms with Crippen LogP contribution in [-0.4, -0.2) is 24.4 Å². The van der Waals surface area contributed by atoms with Gasteiger partial charge in [0.2, 0.25) is 11.8 Å². The lowest BCUT2D eigenvalue weighted by molar-refractivity contribution is -0.132. The number of amides is 2. The average molecular weight is 357 g/mol. The number of benzene rings is 1. The van der Waals surface area contributed by atoms with E-state index in [9.17, 15) is 14.0 Å². The van der Waals surface area contributed by atoms with E-state index >= 15 is 0 Å². The highest BCUT2D eigenvalue weighted by molar-refractivity contribution is 9.10. The smallest absolute Gasteiger partial charge is 0.250 e. The zero-order chi connectivity index (χ0) is 15.7. The molecular formula is C15H18BrFN2O2. The van der Waals surface area contributed by atoms with E-state index in [4.69, 9.17) is 0 Å². The topological polar surface area (TPSA) is 49.4 Å². The molecule has 4 nitrogen and oxygen atoms in total. The molecule has 2 atom stereocenters. The third-order valence-electron chi connectivity index (χ3n) is 3.89. The molecule has 21 heavy (non-hydrogen) atoms. The van der Waals surface area contributed by atoms with E-state index in [-0.39, 0.29) is 24.3 Å². The summed E-state index contributed by atoms with van der Waals surface area (Å²) >= 11 is 3.12. The molecule has 1 N–H and O–H groups in total. The van der Waals surface area contributed by atoms with Gasteiger partial charge < -0.3 is 10.2 Å². The number of hydrogen-bond donors (Lipinski definition) is 1. The normalized spacial score (nSPS) is 20.4. The summed E-state index contributed by atoms with van der Waals surface area (Å²) in [5.41, 5.74) is 1.19. The molecule has 1 saturated heterocycles. The number of piperazine rings is 1. The van der Waals surface area contributed by atoms with E-state index in [1.54, 1.807) is 13.0 Å². The van der Waals surface area contributed by atoms with Crippen LogP contribution in [0.25, 0.3) is 0 Å². The van der Waals surface area contributed by atoms with Gasteiger partial charge in [-0.15, -0.1) is 0 Å². The second kappa shape index (κ2) is 6.13. The van der Waals surface area contributed by atoms with Gasteiger partial charge in [-0.3, -0.25) is 9.59 Å². The Morgan fingerprint density at radius 1 is 1.48 bits per heavy atom. The van der Waals surface area contributed by atoms with Gasteiger partial charge in [-0.25, -0.2) is 4.39 Å². The van der Waals surface area contributed by atoms with Gasteiger partial charge in [-0.05, 0) is 46.5 Å². The summed E-state index contributed by atoms with van der Waals surface area (Å²) in [6.07, 6.45) is 0.776.